The molecule has 6 nitrogen and oxygen atoms in total. The second-order valence-corrected chi connectivity index (χ2v) is 5.41. The monoisotopic (exact) mass is 276 g/mol. The van der Waals surface area contributed by atoms with E-state index in [1.165, 1.54) is 17.0 Å². The first-order valence-electron chi connectivity index (χ1n) is 6.81. The number of aryl methyl sites for hydroxylation is 1. The maximum atomic E-state index is 4.42. The van der Waals surface area contributed by atoms with Gasteiger partial charge < -0.3 is 14.8 Å². The third-order valence-electron chi connectivity index (χ3n) is 3.79. The van der Waals surface area contributed by atoms with Crippen LogP contribution >= 0.6 is 0 Å². The van der Waals surface area contributed by atoms with Crippen molar-refractivity contribution in [2.45, 2.75) is 26.4 Å². The molecule has 0 spiro atoms. The van der Waals surface area contributed by atoms with E-state index in [0.717, 1.165) is 12.5 Å². The summed E-state index contributed by atoms with van der Waals surface area (Å²) in [5.74, 6) is 0.965. The zero-order valence-electron chi connectivity index (χ0n) is 13.2. The molecule has 0 aliphatic carbocycles. The standard InChI is InChI=1S/C14H24N6/c1-10(13-9-17-20(6)11(13)2)15-7-12-8-16-14(18(3)4)19(12)5/h8-10,15H,7H2,1-6H3. The van der Waals surface area contributed by atoms with E-state index in [1.807, 2.05) is 50.2 Å². The maximum Gasteiger partial charge on any atom is 0.204 e. The van der Waals surface area contributed by atoms with Crippen LogP contribution in [0.1, 0.15) is 29.9 Å². The number of imidazole rings is 1. The Morgan fingerprint density at radius 2 is 2.00 bits per heavy atom. The van der Waals surface area contributed by atoms with Crippen LogP contribution < -0.4 is 10.2 Å². The van der Waals surface area contributed by atoms with Crippen LogP contribution in [0, 0.1) is 6.92 Å². The van der Waals surface area contributed by atoms with E-state index in [2.05, 4.69) is 33.8 Å². The average Bonchev–Trinajstić information content (AvgIpc) is 2.92. The van der Waals surface area contributed by atoms with Crippen LogP contribution in [-0.4, -0.2) is 33.4 Å². The van der Waals surface area contributed by atoms with Gasteiger partial charge >= 0.3 is 0 Å². The van der Waals surface area contributed by atoms with Gasteiger partial charge in [0.05, 0.1) is 18.1 Å². The number of aromatic nitrogens is 4. The number of nitrogens with zero attached hydrogens (tertiary/aromatic N) is 5. The van der Waals surface area contributed by atoms with Gasteiger partial charge in [-0.1, -0.05) is 0 Å². The van der Waals surface area contributed by atoms with Crippen molar-refractivity contribution in [2.24, 2.45) is 14.1 Å². The van der Waals surface area contributed by atoms with Crippen molar-refractivity contribution in [1.29, 1.82) is 0 Å². The van der Waals surface area contributed by atoms with Crippen molar-refractivity contribution < 1.29 is 0 Å². The summed E-state index contributed by atoms with van der Waals surface area (Å²) in [6.07, 6.45) is 3.85. The van der Waals surface area contributed by atoms with Gasteiger partial charge in [0.25, 0.3) is 0 Å². The quantitative estimate of drug-likeness (QED) is 0.896. The minimum atomic E-state index is 0.265. The highest BCUT2D eigenvalue weighted by Crippen LogP contribution is 2.17. The Bertz CT molecular complexity index is 580. The van der Waals surface area contributed by atoms with Gasteiger partial charge in [-0.25, -0.2) is 4.98 Å². The van der Waals surface area contributed by atoms with Crippen molar-refractivity contribution in [3.05, 3.63) is 29.3 Å². The molecule has 2 aromatic heterocycles. The third-order valence-corrected chi connectivity index (χ3v) is 3.79. The molecule has 0 bridgehead atoms. The smallest absolute Gasteiger partial charge is 0.204 e. The first-order chi connectivity index (χ1) is 9.41. The molecular formula is C14H24N6. The fourth-order valence-electron chi connectivity index (χ4n) is 2.32. The first kappa shape index (κ1) is 14.6. The molecule has 0 aromatic carbocycles. The average molecular weight is 276 g/mol. The molecule has 0 amide bonds. The third kappa shape index (κ3) is 2.70. The lowest BCUT2D eigenvalue weighted by atomic mass is 10.1. The highest BCUT2D eigenvalue weighted by Gasteiger charge is 2.13. The van der Waals surface area contributed by atoms with Crippen molar-refractivity contribution in [3.8, 4) is 0 Å². The topological polar surface area (TPSA) is 50.9 Å². The molecule has 0 aliphatic heterocycles. The molecular weight excluding hydrogens is 252 g/mol. The van der Waals surface area contributed by atoms with Crippen LogP contribution in [0.5, 0.6) is 0 Å². The molecule has 0 saturated carbocycles. The number of hydrogen-bond acceptors (Lipinski definition) is 4. The zero-order chi connectivity index (χ0) is 14.9. The predicted molar refractivity (Wildman–Crippen MR) is 80.7 cm³/mol. The molecule has 0 aliphatic rings. The molecule has 0 saturated heterocycles. The molecule has 20 heavy (non-hydrogen) atoms. The SMILES string of the molecule is Cc1c(C(C)NCc2cnc(N(C)C)n2C)cnn1C. The Labute approximate surface area is 120 Å². The predicted octanol–water partition coefficient (Wildman–Crippen LogP) is 1.38. The summed E-state index contributed by atoms with van der Waals surface area (Å²) in [5.41, 5.74) is 3.61. The summed E-state index contributed by atoms with van der Waals surface area (Å²) in [5, 5.41) is 7.82. The fourth-order valence-corrected chi connectivity index (χ4v) is 2.32. The summed E-state index contributed by atoms with van der Waals surface area (Å²) in [7, 11) is 8.01. The summed E-state index contributed by atoms with van der Waals surface area (Å²) < 4.78 is 4.01. The largest absolute Gasteiger partial charge is 0.348 e. The van der Waals surface area contributed by atoms with Crippen LogP contribution in [0.4, 0.5) is 5.95 Å². The Kier molecular flexibility index (Phi) is 4.13. The second-order valence-electron chi connectivity index (χ2n) is 5.41. The lowest BCUT2D eigenvalue weighted by Crippen LogP contribution is -2.21. The minimum Gasteiger partial charge on any atom is -0.348 e. The summed E-state index contributed by atoms with van der Waals surface area (Å²) in [4.78, 5) is 6.43. The lowest BCUT2D eigenvalue weighted by molar-refractivity contribution is 0.554. The van der Waals surface area contributed by atoms with Crippen molar-refractivity contribution in [1.82, 2.24) is 24.6 Å². The minimum absolute atomic E-state index is 0.265. The van der Waals surface area contributed by atoms with E-state index in [-0.39, 0.29) is 6.04 Å². The van der Waals surface area contributed by atoms with Crippen LogP contribution in [0.25, 0.3) is 0 Å². The highest BCUT2D eigenvalue weighted by molar-refractivity contribution is 5.31. The van der Waals surface area contributed by atoms with E-state index < -0.39 is 0 Å². The van der Waals surface area contributed by atoms with Crippen LogP contribution in [-0.2, 0) is 20.6 Å². The van der Waals surface area contributed by atoms with Crippen molar-refractivity contribution in [2.75, 3.05) is 19.0 Å². The zero-order valence-corrected chi connectivity index (χ0v) is 13.2. The van der Waals surface area contributed by atoms with Gasteiger partial charge in [0.15, 0.2) is 0 Å². The molecule has 2 rings (SSSR count). The molecule has 2 aromatic rings. The van der Waals surface area contributed by atoms with E-state index in [1.54, 1.807) is 0 Å². The number of hydrogen-bond donors (Lipinski definition) is 1. The van der Waals surface area contributed by atoms with Gasteiger partial charge in [0.2, 0.25) is 5.95 Å². The second kappa shape index (κ2) is 5.66. The normalized spacial score (nSPS) is 12.7. The van der Waals surface area contributed by atoms with Gasteiger partial charge in [-0.3, -0.25) is 4.68 Å². The van der Waals surface area contributed by atoms with Gasteiger partial charge in [-0.15, -0.1) is 0 Å². The highest BCUT2D eigenvalue weighted by atomic mass is 15.3. The summed E-state index contributed by atoms with van der Waals surface area (Å²) >= 11 is 0. The Morgan fingerprint density at radius 1 is 1.30 bits per heavy atom. The molecule has 0 fully saturated rings. The maximum absolute atomic E-state index is 4.42. The number of nitrogens with one attached hydrogen (secondary N) is 1. The molecule has 6 heteroatoms. The molecule has 0 radical (unpaired) electrons. The molecule has 1 unspecified atom stereocenters. The molecule has 1 N–H and O–H groups in total. The van der Waals surface area contributed by atoms with Gasteiger partial charge in [0.1, 0.15) is 0 Å². The van der Waals surface area contributed by atoms with Crippen molar-refractivity contribution in [3.63, 3.8) is 0 Å². The van der Waals surface area contributed by atoms with Gasteiger partial charge in [-0.2, -0.15) is 5.10 Å². The Morgan fingerprint density at radius 3 is 2.50 bits per heavy atom. The van der Waals surface area contributed by atoms with E-state index >= 15 is 0 Å². The number of anilines is 1. The fraction of sp³-hybridized carbons (Fsp3) is 0.571. The number of rotatable bonds is 5. The van der Waals surface area contributed by atoms with Crippen molar-refractivity contribution >= 4 is 5.95 Å². The molecule has 2 heterocycles. The first-order valence-corrected chi connectivity index (χ1v) is 6.81. The van der Waals surface area contributed by atoms with Crippen LogP contribution in [0.2, 0.25) is 0 Å². The Hall–Kier alpha value is -1.82. The molecule has 110 valence electrons. The van der Waals surface area contributed by atoms with Crippen LogP contribution in [0.15, 0.2) is 12.4 Å². The van der Waals surface area contributed by atoms with Gasteiger partial charge in [-0.05, 0) is 13.8 Å². The van der Waals surface area contributed by atoms with Crippen LogP contribution in [0.3, 0.4) is 0 Å². The Balaban J connectivity index is 2.04. The lowest BCUT2D eigenvalue weighted by Gasteiger charge is -2.15. The van der Waals surface area contributed by atoms with E-state index in [4.69, 9.17) is 0 Å². The van der Waals surface area contributed by atoms with E-state index in [0.29, 0.717) is 0 Å². The van der Waals surface area contributed by atoms with Gasteiger partial charge in [0, 0.05) is 52.0 Å². The summed E-state index contributed by atoms with van der Waals surface area (Å²) in [6.45, 7) is 5.04. The summed E-state index contributed by atoms with van der Waals surface area (Å²) in [6, 6.07) is 0.265. The van der Waals surface area contributed by atoms with E-state index in [9.17, 15) is 0 Å². The molecule has 1 atom stereocenters.